The van der Waals surface area contributed by atoms with E-state index in [9.17, 15) is 9.59 Å². The average Bonchev–Trinajstić information content (AvgIpc) is 2.89. The maximum Gasteiger partial charge on any atom is 0.338 e. The Labute approximate surface area is 201 Å². The maximum atomic E-state index is 15.0. The summed E-state index contributed by atoms with van der Waals surface area (Å²) in [6.07, 6.45) is -2.54. The summed E-state index contributed by atoms with van der Waals surface area (Å²) in [5, 5.41) is 2.45. The van der Waals surface area contributed by atoms with Gasteiger partial charge in [-0.2, -0.15) is 0 Å². The molecule has 0 aromatic heterocycles. The van der Waals surface area contributed by atoms with Gasteiger partial charge in [-0.05, 0) is 29.8 Å². The van der Waals surface area contributed by atoms with Crippen molar-refractivity contribution in [3.63, 3.8) is 0 Å². The van der Waals surface area contributed by atoms with Gasteiger partial charge in [-0.1, -0.05) is 71.9 Å². The largest absolute Gasteiger partial charge is 0.460 e. The minimum Gasteiger partial charge on any atom is -0.460 e. The number of halogens is 2. The first kappa shape index (κ1) is 24.9. The summed E-state index contributed by atoms with van der Waals surface area (Å²) in [7, 11) is 0. The van der Waals surface area contributed by atoms with Gasteiger partial charge in [-0.3, -0.25) is 0 Å². The minimum absolute atomic E-state index is 0.136. The van der Waals surface area contributed by atoms with Crippen LogP contribution < -0.4 is 0 Å². The van der Waals surface area contributed by atoms with Gasteiger partial charge in [0.1, 0.15) is 18.6 Å². The number of benzene rings is 3. The number of ether oxygens (including phenoxy) is 2. The molecule has 176 valence electrons. The molecule has 3 atom stereocenters. The smallest absolute Gasteiger partial charge is 0.338 e. The van der Waals surface area contributed by atoms with Crippen molar-refractivity contribution in [2.75, 3.05) is 6.61 Å². The van der Waals surface area contributed by atoms with Crippen molar-refractivity contribution in [1.82, 2.24) is 0 Å². The zero-order valence-corrected chi connectivity index (χ0v) is 18.9. The molecule has 6 nitrogen and oxygen atoms in total. The van der Waals surface area contributed by atoms with E-state index in [-0.39, 0.29) is 18.8 Å². The number of alkyl halides is 2. The Balaban J connectivity index is 1.64. The Morgan fingerprint density at radius 2 is 1.38 bits per heavy atom. The van der Waals surface area contributed by atoms with E-state index >= 15 is 4.39 Å². The predicted molar refractivity (Wildman–Crippen MR) is 127 cm³/mol. The average molecular weight is 484 g/mol. The van der Waals surface area contributed by atoms with Crippen molar-refractivity contribution < 1.29 is 28.3 Å². The van der Waals surface area contributed by atoms with Crippen LogP contribution in [0.2, 0.25) is 0 Å². The molecule has 0 aliphatic carbocycles. The number of oxime groups is 1. The van der Waals surface area contributed by atoms with Crippen LogP contribution in [0.15, 0.2) is 96.2 Å². The molecule has 0 N–H and O–H groups in total. The van der Waals surface area contributed by atoms with Crippen LogP contribution in [0, 0.1) is 0 Å². The Morgan fingerprint density at radius 1 is 0.853 bits per heavy atom. The lowest BCUT2D eigenvalue weighted by Crippen LogP contribution is -2.40. The van der Waals surface area contributed by atoms with Crippen LogP contribution in [0.4, 0.5) is 4.39 Å². The summed E-state index contributed by atoms with van der Waals surface area (Å²) in [6.45, 7) is -0.251. The van der Waals surface area contributed by atoms with Gasteiger partial charge >= 0.3 is 11.9 Å². The van der Waals surface area contributed by atoms with Crippen LogP contribution >= 0.6 is 11.6 Å². The van der Waals surface area contributed by atoms with E-state index in [0.29, 0.717) is 5.56 Å². The van der Waals surface area contributed by atoms with E-state index in [1.165, 1.54) is 12.1 Å². The molecule has 0 radical (unpaired) electrons. The number of esters is 2. The number of nitrogens with zero attached hydrogens (tertiary/aromatic N) is 1. The third-order valence-corrected chi connectivity index (χ3v) is 5.03. The quantitative estimate of drug-likeness (QED) is 0.162. The summed E-state index contributed by atoms with van der Waals surface area (Å²) in [6, 6.07) is 25.6. The zero-order chi connectivity index (χ0) is 24.2. The van der Waals surface area contributed by atoms with E-state index in [1.807, 2.05) is 30.3 Å². The molecule has 0 spiro atoms. The second-order valence-electron chi connectivity index (χ2n) is 7.17. The second kappa shape index (κ2) is 13.1. The standard InChI is InChI=1S/C26H23ClFNO5/c27-22(18-32-25(30)20-12-6-2-7-13-20)24(34-26(31)21-14-8-3-9-15-21)23(28)16-29-33-17-19-10-4-1-5-11-19/h1-16,22-24H,17-18H2. The summed E-state index contributed by atoms with van der Waals surface area (Å²) in [5.74, 6) is -1.40. The van der Waals surface area contributed by atoms with Crippen molar-refractivity contribution in [1.29, 1.82) is 0 Å². The van der Waals surface area contributed by atoms with Crippen LogP contribution in [0.3, 0.4) is 0 Å². The van der Waals surface area contributed by atoms with Gasteiger partial charge in [0.2, 0.25) is 0 Å². The summed E-state index contributed by atoms with van der Waals surface area (Å²) in [5.41, 5.74) is 1.39. The van der Waals surface area contributed by atoms with E-state index in [4.69, 9.17) is 25.9 Å². The maximum absolute atomic E-state index is 15.0. The van der Waals surface area contributed by atoms with Crippen molar-refractivity contribution >= 4 is 29.8 Å². The van der Waals surface area contributed by atoms with E-state index in [0.717, 1.165) is 11.8 Å². The highest BCUT2D eigenvalue weighted by molar-refractivity contribution is 6.21. The van der Waals surface area contributed by atoms with E-state index < -0.39 is 29.6 Å². The van der Waals surface area contributed by atoms with Gasteiger partial charge in [0.25, 0.3) is 0 Å². The number of carbonyl (C=O) groups is 2. The Kier molecular flexibility index (Phi) is 9.61. The SMILES string of the molecule is O=C(OCC(Cl)C(OC(=O)c1ccccc1)C(F)C=NOCc1ccccc1)c1ccccc1. The van der Waals surface area contributed by atoms with Crippen LogP contribution in [0.25, 0.3) is 0 Å². The van der Waals surface area contributed by atoms with Gasteiger partial charge in [0, 0.05) is 0 Å². The molecule has 0 heterocycles. The molecule has 34 heavy (non-hydrogen) atoms. The lowest BCUT2D eigenvalue weighted by atomic mass is 10.1. The molecule has 0 amide bonds. The highest BCUT2D eigenvalue weighted by Gasteiger charge is 2.33. The van der Waals surface area contributed by atoms with Crippen LogP contribution in [-0.2, 0) is 20.9 Å². The number of hydrogen-bond acceptors (Lipinski definition) is 6. The van der Waals surface area contributed by atoms with Crippen LogP contribution in [0.5, 0.6) is 0 Å². The number of hydrogen-bond donors (Lipinski definition) is 0. The number of rotatable bonds is 11. The van der Waals surface area contributed by atoms with Crippen molar-refractivity contribution in [3.05, 3.63) is 108 Å². The topological polar surface area (TPSA) is 74.2 Å². The highest BCUT2D eigenvalue weighted by atomic mass is 35.5. The monoisotopic (exact) mass is 483 g/mol. The Hall–Kier alpha value is -3.71. The fourth-order valence-electron chi connectivity index (χ4n) is 2.88. The Morgan fingerprint density at radius 3 is 1.97 bits per heavy atom. The van der Waals surface area contributed by atoms with Crippen LogP contribution in [0.1, 0.15) is 26.3 Å². The molecule has 3 rings (SSSR count). The first-order chi connectivity index (χ1) is 16.5. The first-order valence-corrected chi connectivity index (χ1v) is 10.9. The van der Waals surface area contributed by atoms with Crippen LogP contribution in [-0.4, -0.2) is 42.4 Å². The third-order valence-electron chi connectivity index (χ3n) is 4.66. The lowest BCUT2D eigenvalue weighted by molar-refractivity contribution is 0.00651. The van der Waals surface area contributed by atoms with Crippen molar-refractivity contribution in [2.45, 2.75) is 24.3 Å². The molecule has 3 aromatic rings. The molecule has 3 aromatic carbocycles. The molecule has 0 aliphatic rings. The van der Waals surface area contributed by atoms with Crippen molar-refractivity contribution in [2.24, 2.45) is 5.16 Å². The minimum atomic E-state index is -1.92. The number of carbonyl (C=O) groups excluding carboxylic acids is 2. The van der Waals surface area contributed by atoms with Gasteiger partial charge < -0.3 is 14.3 Å². The fraction of sp³-hybridized carbons (Fsp3) is 0.192. The summed E-state index contributed by atoms with van der Waals surface area (Å²) < 4.78 is 25.6. The summed E-state index contributed by atoms with van der Waals surface area (Å²) >= 11 is 6.32. The zero-order valence-electron chi connectivity index (χ0n) is 18.1. The molecule has 0 aliphatic heterocycles. The molecular weight excluding hydrogens is 461 g/mol. The normalized spacial score (nSPS) is 13.6. The molecule has 3 unspecified atom stereocenters. The van der Waals surface area contributed by atoms with Gasteiger partial charge in [0.15, 0.2) is 12.3 Å². The molecule has 0 saturated heterocycles. The summed E-state index contributed by atoms with van der Waals surface area (Å²) in [4.78, 5) is 29.8. The van der Waals surface area contributed by atoms with Crippen molar-refractivity contribution in [3.8, 4) is 0 Å². The van der Waals surface area contributed by atoms with E-state index in [1.54, 1.807) is 48.5 Å². The Bertz CT molecular complexity index is 1070. The predicted octanol–water partition coefficient (Wildman–Crippen LogP) is 5.22. The molecule has 0 bridgehead atoms. The second-order valence-corrected chi connectivity index (χ2v) is 7.73. The molecular formula is C26H23ClFNO5. The van der Waals surface area contributed by atoms with Gasteiger partial charge in [-0.25, -0.2) is 14.0 Å². The highest BCUT2D eigenvalue weighted by Crippen LogP contribution is 2.18. The third kappa shape index (κ3) is 7.71. The van der Waals surface area contributed by atoms with Gasteiger partial charge in [-0.15, -0.1) is 11.6 Å². The first-order valence-electron chi connectivity index (χ1n) is 10.5. The van der Waals surface area contributed by atoms with E-state index in [2.05, 4.69) is 5.16 Å². The fourth-order valence-corrected chi connectivity index (χ4v) is 3.14. The molecule has 0 fully saturated rings. The molecule has 0 saturated carbocycles. The van der Waals surface area contributed by atoms with Gasteiger partial charge in [0.05, 0.1) is 17.3 Å². The molecule has 8 heteroatoms. The lowest BCUT2D eigenvalue weighted by Gasteiger charge is -2.23.